The molecular weight excluding hydrogens is 364 g/mol. The van der Waals surface area contributed by atoms with Crippen LogP contribution >= 0.6 is 0 Å². The monoisotopic (exact) mass is 392 g/mol. The van der Waals surface area contributed by atoms with E-state index in [-0.39, 0.29) is 12.0 Å². The Kier molecular flexibility index (Phi) is 5.33. The molecule has 4 rings (SSSR count). The van der Waals surface area contributed by atoms with Gasteiger partial charge in [0.2, 0.25) is 0 Å². The second-order valence-corrected chi connectivity index (χ2v) is 8.04. The van der Waals surface area contributed by atoms with Crippen molar-refractivity contribution in [1.29, 1.82) is 0 Å². The van der Waals surface area contributed by atoms with Crippen LogP contribution < -0.4 is 10.1 Å². The number of rotatable bonds is 6. The molecule has 2 aromatic carbocycles. The van der Waals surface area contributed by atoms with Gasteiger partial charge in [-0.3, -0.25) is 4.79 Å². The minimum atomic E-state index is -0.761. The Bertz CT molecular complexity index is 920. The lowest BCUT2D eigenvalue weighted by molar-refractivity contribution is 0.0237. The van der Waals surface area contributed by atoms with Crippen LogP contribution in [0.2, 0.25) is 0 Å². The van der Waals surface area contributed by atoms with Crippen LogP contribution in [0.1, 0.15) is 42.6 Å². The van der Waals surface area contributed by atoms with Crippen LogP contribution in [0.4, 0.5) is 5.69 Å². The van der Waals surface area contributed by atoms with Crippen LogP contribution in [-0.2, 0) is 10.4 Å². The summed E-state index contributed by atoms with van der Waals surface area (Å²) in [4.78, 5) is 15.4. The number of fused-ring (bicyclic) bond motifs is 1. The molecule has 1 saturated heterocycles. The molecule has 1 amide bonds. The summed E-state index contributed by atoms with van der Waals surface area (Å²) in [5, 5.41) is 3.62. The maximum absolute atomic E-state index is 13.5. The van der Waals surface area contributed by atoms with Crippen LogP contribution in [0.25, 0.3) is 0 Å². The Morgan fingerprint density at radius 2 is 2.03 bits per heavy atom. The number of anilines is 1. The second-order valence-electron chi connectivity index (χ2n) is 8.04. The number of carbonyl (C=O) groups is 1. The van der Waals surface area contributed by atoms with E-state index in [1.54, 1.807) is 0 Å². The summed E-state index contributed by atoms with van der Waals surface area (Å²) in [6.07, 6.45) is 2.05. The van der Waals surface area contributed by atoms with Crippen LogP contribution in [0.5, 0.6) is 5.75 Å². The molecule has 5 heteroatoms. The number of ether oxygens (including phenoxy) is 2. The van der Waals surface area contributed by atoms with Gasteiger partial charge in [-0.05, 0) is 50.5 Å². The number of nitrogens with one attached hydrogen (secondary N) is 1. The Morgan fingerprint density at radius 3 is 2.79 bits per heavy atom. The third kappa shape index (κ3) is 3.75. The molecule has 2 aliphatic rings. The standard InChI is InChI=1S/C24H28N2O3/c1-17(2)16-29-22-13-7-5-11-20(22)24(3)25-21-12-6-4-10-19(21)23(27)26(24)15-18-9-8-14-28-18/h4-7,10-13,18,25H,1,8-9,14-16H2,2-3H3. The molecule has 0 aromatic heterocycles. The quantitative estimate of drug-likeness (QED) is 0.732. The van der Waals surface area contributed by atoms with Gasteiger partial charge < -0.3 is 19.7 Å². The van der Waals surface area contributed by atoms with Crippen molar-refractivity contribution in [3.8, 4) is 5.75 Å². The van der Waals surface area contributed by atoms with E-state index < -0.39 is 5.66 Å². The summed E-state index contributed by atoms with van der Waals surface area (Å²) in [6.45, 7) is 9.63. The van der Waals surface area contributed by atoms with Gasteiger partial charge in [-0.15, -0.1) is 0 Å². The summed E-state index contributed by atoms with van der Waals surface area (Å²) in [5.74, 6) is 0.752. The van der Waals surface area contributed by atoms with E-state index in [1.807, 2.05) is 67.3 Å². The molecule has 0 radical (unpaired) electrons. The molecule has 0 spiro atoms. The Hall–Kier alpha value is -2.79. The first-order valence-electron chi connectivity index (χ1n) is 10.2. The van der Waals surface area contributed by atoms with Crippen LogP contribution in [0.3, 0.4) is 0 Å². The summed E-state index contributed by atoms with van der Waals surface area (Å²) < 4.78 is 11.9. The molecule has 1 N–H and O–H groups in total. The second kappa shape index (κ2) is 7.91. The Balaban J connectivity index is 1.77. The summed E-state index contributed by atoms with van der Waals surface area (Å²) in [5.41, 5.74) is 2.62. The van der Waals surface area contributed by atoms with Gasteiger partial charge in [-0.2, -0.15) is 0 Å². The largest absolute Gasteiger partial charge is 0.489 e. The molecule has 2 unspecified atom stereocenters. The van der Waals surface area contributed by atoms with Crippen molar-refractivity contribution in [2.75, 3.05) is 25.1 Å². The predicted molar refractivity (Wildman–Crippen MR) is 114 cm³/mol. The zero-order valence-corrected chi connectivity index (χ0v) is 17.1. The lowest BCUT2D eigenvalue weighted by Gasteiger charge is -2.47. The number of carbonyl (C=O) groups excluding carboxylic acids is 1. The van der Waals surface area contributed by atoms with E-state index in [9.17, 15) is 4.79 Å². The summed E-state index contributed by atoms with van der Waals surface area (Å²) >= 11 is 0. The fraction of sp³-hybridized carbons (Fsp3) is 0.375. The van der Waals surface area contributed by atoms with Crippen LogP contribution in [0, 0.1) is 0 Å². The molecular formula is C24H28N2O3. The van der Waals surface area contributed by atoms with E-state index >= 15 is 0 Å². The normalized spacial score (nSPS) is 23.4. The lowest BCUT2D eigenvalue weighted by atomic mass is 9.92. The van der Waals surface area contributed by atoms with Crippen molar-refractivity contribution in [1.82, 2.24) is 4.90 Å². The molecule has 2 aliphatic heterocycles. The Labute approximate surface area is 172 Å². The Morgan fingerprint density at radius 1 is 1.28 bits per heavy atom. The highest BCUT2D eigenvalue weighted by molar-refractivity contribution is 6.02. The van der Waals surface area contributed by atoms with Gasteiger partial charge in [-0.1, -0.05) is 36.9 Å². The van der Waals surface area contributed by atoms with Gasteiger partial charge in [0, 0.05) is 24.4 Å². The molecule has 0 saturated carbocycles. The molecule has 2 heterocycles. The molecule has 0 bridgehead atoms. The number of nitrogens with zero attached hydrogens (tertiary/aromatic N) is 1. The minimum absolute atomic E-state index is 0.00653. The van der Waals surface area contributed by atoms with Gasteiger partial charge in [-0.25, -0.2) is 0 Å². The molecule has 5 nitrogen and oxygen atoms in total. The zero-order chi connectivity index (χ0) is 20.4. The first-order valence-corrected chi connectivity index (χ1v) is 10.2. The van der Waals surface area contributed by atoms with Crippen molar-refractivity contribution >= 4 is 11.6 Å². The van der Waals surface area contributed by atoms with E-state index in [0.29, 0.717) is 18.7 Å². The van der Waals surface area contributed by atoms with Crippen molar-refractivity contribution in [2.45, 2.75) is 38.5 Å². The smallest absolute Gasteiger partial charge is 0.258 e. The maximum Gasteiger partial charge on any atom is 0.258 e. The number of amides is 1. The van der Waals surface area contributed by atoms with E-state index in [1.165, 1.54) is 0 Å². The van der Waals surface area contributed by atoms with Crippen LogP contribution in [0.15, 0.2) is 60.7 Å². The van der Waals surface area contributed by atoms with Gasteiger partial charge in [0.05, 0.1) is 11.7 Å². The SMILES string of the molecule is C=C(C)COc1ccccc1C1(C)Nc2ccccc2C(=O)N1CC1CCCO1. The van der Waals surface area contributed by atoms with Gasteiger partial charge in [0.25, 0.3) is 5.91 Å². The molecule has 29 heavy (non-hydrogen) atoms. The zero-order valence-electron chi connectivity index (χ0n) is 17.1. The predicted octanol–water partition coefficient (Wildman–Crippen LogP) is 4.56. The van der Waals surface area contributed by atoms with Gasteiger partial charge in [0.1, 0.15) is 18.0 Å². The van der Waals surface area contributed by atoms with E-state index in [4.69, 9.17) is 9.47 Å². The summed E-state index contributed by atoms with van der Waals surface area (Å²) in [7, 11) is 0. The minimum Gasteiger partial charge on any atom is -0.489 e. The highest BCUT2D eigenvalue weighted by Gasteiger charge is 2.45. The van der Waals surface area contributed by atoms with E-state index in [0.717, 1.165) is 42.0 Å². The topological polar surface area (TPSA) is 50.8 Å². The lowest BCUT2D eigenvalue weighted by Crippen LogP contribution is -2.57. The highest BCUT2D eigenvalue weighted by atomic mass is 16.5. The van der Waals surface area contributed by atoms with Crippen molar-refractivity contribution in [2.24, 2.45) is 0 Å². The fourth-order valence-corrected chi connectivity index (χ4v) is 4.12. The van der Waals surface area contributed by atoms with Crippen LogP contribution in [-0.4, -0.2) is 36.7 Å². The fourth-order valence-electron chi connectivity index (χ4n) is 4.12. The first kappa shape index (κ1) is 19.5. The third-order valence-corrected chi connectivity index (χ3v) is 5.62. The average molecular weight is 392 g/mol. The maximum atomic E-state index is 13.5. The van der Waals surface area contributed by atoms with E-state index in [2.05, 4.69) is 11.9 Å². The molecule has 2 aromatic rings. The number of hydrogen-bond donors (Lipinski definition) is 1. The highest BCUT2D eigenvalue weighted by Crippen LogP contribution is 2.41. The average Bonchev–Trinajstić information content (AvgIpc) is 3.23. The number of benzene rings is 2. The summed E-state index contributed by atoms with van der Waals surface area (Å²) in [6, 6.07) is 15.6. The molecule has 152 valence electrons. The van der Waals surface area contributed by atoms with Crippen molar-refractivity contribution in [3.63, 3.8) is 0 Å². The first-order chi connectivity index (χ1) is 14.0. The molecule has 0 aliphatic carbocycles. The van der Waals surface area contributed by atoms with Gasteiger partial charge in [0.15, 0.2) is 0 Å². The number of hydrogen-bond acceptors (Lipinski definition) is 4. The molecule has 2 atom stereocenters. The van der Waals surface area contributed by atoms with Gasteiger partial charge >= 0.3 is 0 Å². The third-order valence-electron chi connectivity index (χ3n) is 5.62. The van der Waals surface area contributed by atoms with Crippen molar-refractivity contribution in [3.05, 3.63) is 71.8 Å². The van der Waals surface area contributed by atoms with Crippen molar-refractivity contribution < 1.29 is 14.3 Å². The molecule has 1 fully saturated rings. The number of para-hydroxylation sites is 2.